The van der Waals surface area contributed by atoms with Gasteiger partial charge in [0.25, 0.3) is 0 Å². The molecule has 1 atom stereocenters. The van der Waals surface area contributed by atoms with Crippen molar-refractivity contribution in [3.8, 4) is 0 Å². The zero-order chi connectivity index (χ0) is 12.7. The summed E-state index contributed by atoms with van der Waals surface area (Å²) in [5.41, 5.74) is 4.20. The molecule has 3 rings (SSSR count). The summed E-state index contributed by atoms with van der Waals surface area (Å²) in [7, 11) is 0. The van der Waals surface area contributed by atoms with Crippen molar-refractivity contribution >= 4 is 11.4 Å². The van der Waals surface area contributed by atoms with Gasteiger partial charge in [-0.3, -0.25) is 0 Å². The summed E-state index contributed by atoms with van der Waals surface area (Å²) in [6, 6.07) is 8.06. The molecule has 1 fully saturated rings. The van der Waals surface area contributed by atoms with Gasteiger partial charge in [-0.15, -0.1) is 0 Å². The summed E-state index contributed by atoms with van der Waals surface area (Å²) in [5, 5.41) is 3.52. The van der Waals surface area contributed by atoms with Gasteiger partial charge in [0.15, 0.2) is 0 Å². The molecule has 2 aliphatic rings. The van der Waals surface area contributed by atoms with Crippen molar-refractivity contribution in [1.82, 2.24) is 5.32 Å². The van der Waals surface area contributed by atoms with E-state index in [1.807, 2.05) is 0 Å². The van der Waals surface area contributed by atoms with Gasteiger partial charge >= 0.3 is 0 Å². The van der Waals surface area contributed by atoms with Gasteiger partial charge in [-0.1, -0.05) is 6.07 Å². The van der Waals surface area contributed by atoms with Crippen molar-refractivity contribution in [3.63, 3.8) is 0 Å². The number of piperazine rings is 1. The molecule has 98 valence electrons. The normalized spacial score (nSPS) is 23.0. The fraction of sp³-hybridized carbons (Fsp3) is 0.600. The smallest absolute Gasteiger partial charge is 0.0610 e. The van der Waals surface area contributed by atoms with Gasteiger partial charge in [-0.05, 0) is 38.5 Å². The molecule has 3 heteroatoms. The average molecular weight is 245 g/mol. The topological polar surface area (TPSA) is 18.5 Å². The minimum atomic E-state index is 0.565. The Morgan fingerprint density at radius 3 is 2.89 bits per heavy atom. The fourth-order valence-electron chi connectivity index (χ4n) is 3.16. The van der Waals surface area contributed by atoms with Crippen LogP contribution < -0.4 is 15.1 Å². The predicted octanol–water partition coefficient (Wildman–Crippen LogP) is 2.00. The number of anilines is 2. The lowest BCUT2D eigenvalue weighted by Crippen LogP contribution is -2.59. The van der Waals surface area contributed by atoms with Crippen LogP contribution in [-0.4, -0.2) is 38.3 Å². The highest BCUT2D eigenvalue weighted by molar-refractivity contribution is 5.75. The first-order valence-corrected chi connectivity index (χ1v) is 7.01. The first-order valence-electron chi connectivity index (χ1n) is 7.01. The third-order valence-corrected chi connectivity index (χ3v) is 4.13. The molecule has 0 aromatic heterocycles. The van der Waals surface area contributed by atoms with Gasteiger partial charge in [-0.25, -0.2) is 0 Å². The Morgan fingerprint density at radius 2 is 2.11 bits per heavy atom. The monoisotopic (exact) mass is 245 g/mol. The zero-order valence-corrected chi connectivity index (χ0v) is 11.6. The number of rotatable bonds is 1. The van der Waals surface area contributed by atoms with Crippen LogP contribution in [0.15, 0.2) is 18.2 Å². The standard InChI is InChI=1S/C15H23N3/c1-11(2)18-10-13-9-16-6-7-17(13)15-8-12(3)4-5-14(15)18/h4-5,8,11,13,16H,6-7,9-10H2,1-3H3. The second kappa shape index (κ2) is 4.47. The Labute approximate surface area is 110 Å². The summed E-state index contributed by atoms with van der Waals surface area (Å²) in [6.45, 7) is 11.2. The molecule has 2 aliphatic heterocycles. The molecule has 1 N–H and O–H groups in total. The van der Waals surface area contributed by atoms with Gasteiger partial charge in [0.2, 0.25) is 0 Å². The Morgan fingerprint density at radius 1 is 1.28 bits per heavy atom. The maximum Gasteiger partial charge on any atom is 0.0610 e. The number of hydrogen-bond acceptors (Lipinski definition) is 3. The number of nitrogens with one attached hydrogen (secondary N) is 1. The summed E-state index contributed by atoms with van der Waals surface area (Å²) in [6.07, 6.45) is 0. The molecular weight excluding hydrogens is 222 g/mol. The van der Waals surface area contributed by atoms with E-state index >= 15 is 0 Å². The molecule has 1 unspecified atom stereocenters. The Hall–Kier alpha value is -1.22. The van der Waals surface area contributed by atoms with E-state index in [1.165, 1.54) is 16.9 Å². The molecule has 1 saturated heterocycles. The third kappa shape index (κ3) is 1.87. The van der Waals surface area contributed by atoms with Gasteiger partial charge < -0.3 is 15.1 Å². The number of hydrogen-bond donors (Lipinski definition) is 1. The van der Waals surface area contributed by atoms with Crippen molar-refractivity contribution in [2.24, 2.45) is 0 Å². The summed E-state index contributed by atoms with van der Waals surface area (Å²) in [4.78, 5) is 5.14. The molecule has 2 heterocycles. The van der Waals surface area contributed by atoms with Crippen molar-refractivity contribution in [2.75, 3.05) is 36.0 Å². The summed E-state index contributed by atoms with van der Waals surface area (Å²) >= 11 is 0. The van der Waals surface area contributed by atoms with Crippen LogP contribution in [0.2, 0.25) is 0 Å². The Balaban J connectivity index is 2.05. The number of aryl methyl sites for hydroxylation is 1. The molecule has 1 aromatic rings. The molecule has 18 heavy (non-hydrogen) atoms. The van der Waals surface area contributed by atoms with E-state index in [4.69, 9.17) is 0 Å². The highest BCUT2D eigenvalue weighted by atomic mass is 15.3. The van der Waals surface area contributed by atoms with Crippen molar-refractivity contribution < 1.29 is 0 Å². The molecule has 0 spiro atoms. The zero-order valence-electron chi connectivity index (χ0n) is 11.6. The van der Waals surface area contributed by atoms with E-state index in [-0.39, 0.29) is 0 Å². The first-order chi connectivity index (χ1) is 8.66. The molecule has 0 aliphatic carbocycles. The molecule has 0 radical (unpaired) electrons. The Bertz CT molecular complexity index is 441. The maximum atomic E-state index is 3.52. The van der Waals surface area contributed by atoms with E-state index in [1.54, 1.807) is 0 Å². The van der Waals surface area contributed by atoms with E-state index in [0.29, 0.717) is 12.1 Å². The van der Waals surface area contributed by atoms with Crippen LogP contribution >= 0.6 is 0 Å². The molecule has 1 aromatic carbocycles. The number of benzene rings is 1. The summed E-state index contributed by atoms with van der Waals surface area (Å²) < 4.78 is 0. The van der Waals surface area contributed by atoms with Crippen LogP contribution in [0.1, 0.15) is 19.4 Å². The van der Waals surface area contributed by atoms with Crippen molar-refractivity contribution in [3.05, 3.63) is 23.8 Å². The first kappa shape index (κ1) is 11.8. The van der Waals surface area contributed by atoms with Crippen LogP contribution in [0.5, 0.6) is 0 Å². The van der Waals surface area contributed by atoms with Crippen LogP contribution in [0, 0.1) is 6.92 Å². The number of nitrogens with zero attached hydrogens (tertiary/aromatic N) is 2. The minimum Gasteiger partial charge on any atom is -0.365 e. The van der Waals surface area contributed by atoms with Crippen molar-refractivity contribution in [1.29, 1.82) is 0 Å². The highest BCUT2D eigenvalue weighted by Gasteiger charge is 2.33. The molecule has 0 saturated carbocycles. The second-order valence-electron chi connectivity index (χ2n) is 5.79. The van der Waals surface area contributed by atoms with E-state index in [9.17, 15) is 0 Å². The van der Waals surface area contributed by atoms with Gasteiger partial charge in [0, 0.05) is 32.2 Å². The SMILES string of the molecule is Cc1ccc2c(c1)N1CCNCC1CN2C(C)C. The molecule has 0 amide bonds. The lowest BCUT2D eigenvalue weighted by atomic mass is 10.0. The van der Waals surface area contributed by atoms with Gasteiger partial charge in [0.1, 0.15) is 0 Å². The quantitative estimate of drug-likeness (QED) is 0.816. The largest absolute Gasteiger partial charge is 0.365 e. The van der Waals surface area contributed by atoms with Crippen LogP contribution in [0.25, 0.3) is 0 Å². The fourth-order valence-corrected chi connectivity index (χ4v) is 3.16. The van der Waals surface area contributed by atoms with Crippen molar-refractivity contribution in [2.45, 2.75) is 32.9 Å². The Kier molecular flexibility index (Phi) is 2.94. The minimum absolute atomic E-state index is 0.565. The lowest BCUT2D eigenvalue weighted by Gasteiger charge is -2.48. The molecular formula is C15H23N3. The van der Waals surface area contributed by atoms with Gasteiger partial charge in [-0.2, -0.15) is 0 Å². The third-order valence-electron chi connectivity index (χ3n) is 4.13. The molecule has 3 nitrogen and oxygen atoms in total. The van der Waals surface area contributed by atoms with E-state index in [2.05, 4.69) is 54.1 Å². The number of fused-ring (bicyclic) bond motifs is 3. The second-order valence-corrected chi connectivity index (χ2v) is 5.79. The van der Waals surface area contributed by atoms with Crippen LogP contribution in [0.4, 0.5) is 11.4 Å². The maximum absolute atomic E-state index is 3.52. The average Bonchev–Trinajstić information content (AvgIpc) is 2.37. The summed E-state index contributed by atoms with van der Waals surface area (Å²) in [5.74, 6) is 0. The predicted molar refractivity (Wildman–Crippen MR) is 77.7 cm³/mol. The highest BCUT2D eigenvalue weighted by Crippen LogP contribution is 2.37. The lowest BCUT2D eigenvalue weighted by molar-refractivity contribution is 0.448. The van der Waals surface area contributed by atoms with E-state index in [0.717, 1.165) is 26.2 Å². The van der Waals surface area contributed by atoms with Crippen LogP contribution in [-0.2, 0) is 0 Å². The molecule has 0 bridgehead atoms. The van der Waals surface area contributed by atoms with Crippen LogP contribution in [0.3, 0.4) is 0 Å². The van der Waals surface area contributed by atoms with Gasteiger partial charge in [0.05, 0.1) is 17.4 Å². The van der Waals surface area contributed by atoms with E-state index < -0.39 is 0 Å².